The van der Waals surface area contributed by atoms with Crippen molar-refractivity contribution in [3.05, 3.63) is 120 Å². The molecule has 0 aliphatic heterocycles. The van der Waals surface area contributed by atoms with E-state index in [1.165, 1.54) is 47.9 Å². The zero-order chi connectivity index (χ0) is 29.1. The lowest BCUT2D eigenvalue weighted by molar-refractivity contribution is -0.173. The van der Waals surface area contributed by atoms with Crippen LogP contribution in [0.2, 0.25) is 0 Å². The molecular formula is C32H24F3NO5. The monoisotopic (exact) mass is 559 g/mol. The van der Waals surface area contributed by atoms with Gasteiger partial charge in [-0.3, -0.25) is 0 Å². The molecule has 0 atom stereocenters. The fourth-order valence-corrected chi connectivity index (χ4v) is 4.70. The molecule has 1 aromatic heterocycles. The number of esters is 1. The van der Waals surface area contributed by atoms with E-state index in [0.717, 1.165) is 17.7 Å². The summed E-state index contributed by atoms with van der Waals surface area (Å²) >= 11 is 0. The number of hydrogen-bond acceptors (Lipinski definition) is 4. The number of hydrogen-bond donors (Lipinski definition) is 1. The first kappa shape index (κ1) is 27.5. The number of carbonyl (C=O) groups is 2. The molecule has 0 fully saturated rings. The molecule has 5 aromatic rings. The van der Waals surface area contributed by atoms with Crippen LogP contribution < -0.4 is 4.74 Å². The summed E-state index contributed by atoms with van der Waals surface area (Å²) in [6, 6.07) is 24.4. The van der Waals surface area contributed by atoms with Gasteiger partial charge in [-0.05, 0) is 66.6 Å². The number of halogens is 3. The van der Waals surface area contributed by atoms with Crippen LogP contribution in [0.5, 0.6) is 5.75 Å². The van der Waals surface area contributed by atoms with Crippen molar-refractivity contribution in [3.8, 4) is 22.6 Å². The van der Waals surface area contributed by atoms with Crippen LogP contribution in [0.15, 0.2) is 97.1 Å². The van der Waals surface area contributed by atoms with E-state index >= 15 is 8.78 Å². The fourth-order valence-electron chi connectivity index (χ4n) is 4.70. The first-order chi connectivity index (χ1) is 19.7. The first-order valence-electron chi connectivity index (χ1n) is 12.7. The Bertz CT molecular complexity index is 1710. The van der Waals surface area contributed by atoms with Gasteiger partial charge in [0, 0.05) is 11.3 Å². The summed E-state index contributed by atoms with van der Waals surface area (Å²) in [4.78, 5) is 24.3. The number of carboxylic acids is 1. The van der Waals surface area contributed by atoms with Crippen LogP contribution >= 0.6 is 0 Å². The number of aromatic carboxylic acids is 1. The van der Waals surface area contributed by atoms with Crippen LogP contribution in [0.4, 0.5) is 13.2 Å². The molecule has 0 saturated heterocycles. The molecule has 41 heavy (non-hydrogen) atoms. The maximum atomic E-state index is 16.2. The molecule has 1 N–H and O–H groups in total. The maximum absolute atomic E-state index is 16.2. The van der Waals surface area contributed by atoms with Gasteiger partial charge in [-0.25, -0.2) is 14.0 Å². The van der Waals surface area contributed by atoms with Gasteiger partial charge in [0.15, 0.2) is 0 Å². The van der Waals surface area contributed by atoms with Crippen LogP contribution in [-0.2, 0) is 22.1 Å². The van der Waals surface area contributed by atoms with Crippen LogP contribution in [0.1, 0.15) is 28.5 Å². The summed E-state index contributed by atoms with van der Waals surface area (Å²) in [5.41, 5.74) is 0.666. The van der Waals surface area contributed by atoms with Gasteiger partial charge in [0.1, 0.15) is 23.9 Å². The number of aromatic nitrogens is 1. The van der Waals surface area contributed by atoms with E-state index < -0.39 is 29.4 Å². The molecule has 0 radical (unpaired) electrons. The zero-order valence-corrected chi connectivity index (χ0v) is 21.8. The van der Waals surface area contributed by atoms with Gasteiger partial charge < -0.3 is 19.1 Å². The fraction of sp³-hybridized carbons (Fsp3) is 0.125. The minimum absolute atomic E-state index is 0.0460. The Kier molecular flexibility index (Phi) is 7.52. The minimum Gasteiger partial charge on any atom is -0.488 e. The molecular weight excluding hydrogens is 535 g/mol. The van der Waals surface area contributed by atoms with Gasteiger partial charge in [-0.15, -0.1) is 0 Å². The number of fused-ring (bicyclic) bond motifs is 1. The molecule has 0 spiro atoms. The quantitative estimate of drug-likeness (QED) is 0.191. The lowest BCUT2D eigenvalue weighted by atomic mass is 9.97. The van der Waals surface area contributed by atoms with Crippen molar-refractivity contribution in [3.63, 3.8) is 0 Å². The summed E-state index contributed by atoms with van der Waals surface area (Å²) in [6.45, 7) is 1.27. The number of alkyl halides is 2. The second kappa shape index (κ2) is 11.2. The van der Waals surface area contributed by atoms with Gasteiger partial charge in [-0.2, -0.15) is 8.78 Å². The standard InChI is InChI=1S/C32H24F3NO5/c1-2-40-31(39)32(34,35)29-27(21-11-13-22(14-12-21)30(37)38)28-25(36(29)24-17-15-23(33)16-18-24)9-6-10-26(28)41-19-20-7-4-3-5-8-20/h3-18H,2,19H2,1H3,(H,37,38). The average Bonchev–Trinajstić information content (AvgIpc) is 3.34. The van der Waals surface area contributed by atoms with E-state index in [1.54, 1.807) is 18.2 Å². The Balaban J connectivity index is 1.86. The van der Waals surface area contributed by atoms with E-state index in [9.17, 15) is 19.1 Å². The van der Waals surface area contributed by atoms with Crippen molar-refractivity contribution in [2.75, 3.05) is 6.61 Å². The number of carboxylic acid groups (broad SMARTS) is 1. The summed E-state index contributed by atoms with van der Waals surface area (Å²) in [5, 5.41) is 9.65. The number of benzene rings is 4. The van der Waals surface area contributed by atoms with Gasteiger partial charge in [-0.1, -0.05) is 48.5 Å². The molecule has 0 saturated carbocycles. The van der Waals surface area contributed by atoms with Crippen molar-refractivity contribution >= 4 is 22.8 Å². The second-order valence-electron chi connectivity index (χ2n) is 9.14. The predicted molar refractivity (Wildman–Crippen MR) is 147 cm³/mol. The molecule has 1 heterocycles. The molecule has 208 valence electrons. The van der Waals surface area contributed by atoms with E-state index in [0.29, 0.717) is 0 Å². The molecule has 0 aliphatic rings. The smallest absolute Gasteiger partial charge is 0.383 e. The molecule has 0 aliphatic carbocycles. The van der Waals surface area contributed by atoms with E-state index in [2.05, 4.69) is 0 Å². The first-order valence-corrected chi connectivity index (χ1v) is 12.7. The van der Waals surface area contributed by atoms with Crippen LogP contribution in [0.3, 0.4) is 0 Å². The highest BCUT2D eigenvalue weighted by Crippen LogP contribution is 2.48. The van der Waals surface area contributed by atoms with Crippen molar-refractivity contribution < 1.29 is 37.3 Å². The van der Waals surface area contributed by atoms with Crippen LogP contribution in [0, 0.1) is 5.82 Å². The van der Waals surface area contributed by atoms with Crippen molar-refractivity contribution in [1.29, 1.82) is 0 Å². The molecule has 9 heteroatoms. The van der Waals surface area contributed by atoms with Gasteiger partial charge in [0.05, 0.1) is 23.1 Å². The summed E-state index contributed by atoms with van der Waals surface area (Å²) in [7, 11) is 0. The highest BCUT2D eigenvalue weighted by molar-refractivity contribution is 6.05. The Morgan fingerprint density at radius 3 is 2.20 bits per heavy atom. The molecule has 5 rings (SSSR count). The van der Waals surface area contributed by atoms with Crippen LogP contribution in [0.25, 0.3) is 27.7 Å². The molecule has 4 aromatic carbocycles. The second-order valence-corrected chi connectivity index (χ2v) is 9.14. The molecule has 0 bridgehead atoms. The number of carbonyl (C=O) groups excluding carboxylic acids is 1. The van der Waals surface area contributed by atoms with Crippen molar-refractivity contribution in [2.45, 2.75) is 19.5 Å². The van der Waals surface area contributed by atoms with Gasteiger partial charge in [0.2, 0.25) is 0 Å². The lowest BCUT2D eigenvalue weighted by Crippen LogP contribution is -2.31. The molecule has 0 amide bonds. The van der Waals surface area contributed by atoms with Crippen molar-refractivity contribution in [2.24, 2.45) is 0 Å². The minimum atomic E-state index is -4.17. The largest absolute Gasteiger partial charge is 0.488 e. The predicted octanol–water partition coefficient (Wildman–Crippen LogP) is 7.37. The third-order valence-electron chi connectivity index (χ3n) is 6.53. The number of rotatable bonds is 9. The molecule has 0 unspecified atom stereocenters. The molecule has 6 nitrogen and oxygen atoms in total. The number of ether oxygens (including phenoxy) is 2. The highest BCUT2D eigenvalue weighted by atomic mass is 19.3. The lowest BCUT2D eigenvalue weighted by Gasteiger charge is -2.20. The normalized spacial score (nSPS) is 11.4. The van der Waals surface area contributed by atoms with Crippen molar-refractivity contribution in [1.82, 2.24) is 4.57 Å². The maximum Gasteiger partial charge on any atom is 0.383 e. The Labute approximate surface area is 233 Å². The highest BCUT2D eigenvalue weighted by Gasteiger charge is 2.49. The van der Waals surface area contributed by atoms with E-state index in [1.807, 2.05) is 30.3 Å². The summed E-state index contributed by atoms with van der Waals surface area (Å²) in [6.07, 6.45) is 0. The Hall–Kier alpha value is -5.05. The topological polar surface area (TPSA) is 77.8 Å². The SMILES string of the molecule is CCOC(=O)C(F)(F)c1c(-c2ccc(C(=O)O)cc2)c2c(OCc3ccccc3)cccc2n1-c1ccc(F)cc1. The van der Waals surface area contributed by atoms with E-state index in [-0.39, 0.29) is 52.2 Å². The summed E-state index contributed by atoms with van der Waals surface area (Å²) < 4.78 is 58.4. The zero-order valence-electron chi connectivity index (χ0n) is 21.8. The number of nitrogens with zero attached hydrogens (tertiary/aromatic N) is 1. The average molecular weight is 560 g/mol. The third kappa shape index (κ3) is 5.26. The van der Waals surface area contributed by atoms with E-state index in [4.69, 9.17) is 9.47 Å². The third-order valence-corrected chi connectivity index (χ3v) is 6.53. The van der Waals surface area contributed by atoms with Gasteiger partial charge >= 0.3 is 17.9 Å². The van der Waals surface area contributed by atoms with Crippen LogP contribution in [-0.4, -0.2) is 28.2 Å². The summed E-state index contributed by atoms with van der Waals surface area (Å²) in [5.74, 6) is -7.43. The Morgan fingerprint density at radius 2 is 1.56 bits per heavy atom. The van der Waals surface area contributed by atoms with Gasteiger partial charge in [0.25, 0.3) is 0 Å². The Morgan fingerprint density at radius 1 is 0.878 bits per heavy atom.